The zero-order valence-corrected chi connectivity index (χ0v) is 18.4. The van der Waals surface area contributed by atoms with Gasteiger partial charge in [-0.1, -0.05) is 54.6 Å². The van der Waals surface area contributed by atoms with E-state index in [1.165, 1.54) is 21.9 Å². The van der Waals surface area contributed by atoms with Crippen molar-refractivity contribution in [3.8, 4) is 5.75 Å². The van der Waals surface area contributed by atoms with Crippen molar-refractivity contribution in [2.75, 3.05) is 25.5 Å². The van der Waals surface area contributed by atoms with Crippen LogP contribution in [0.4, 0.5) is 5.69 Å². The van der Waals surface area contributed by atoms with Crippen molar-refractivity contribution in [2.24, 2.45) is 5.92 Å². The molecule has 4 nitrogen and oxygen atoms in total. The second-order valence-electron chi connectivity index (χ2n) is 9.15. The van der Waals surface area contributed by atoms with Gasteiger partial charge in [-0.25, -0.2) is 0 Å². The molecule has 2 heterocycles. The average Bonchev–Trinajstić information content (AvgIpc) is 3.55. The lowest BCUT2D eigenvalue weighted by Crippen LogP contribution is -2.33. The summed E-state index contributed by atoms with van der Waals surface area (Å²) >= 11 is 0. The van der Waals surface area contributed by atoms with E-state index in [0.29, 0.717) is 11.8 Å². The van der Waals surface area contributed by atoms with Gasteiger partial charge in [-0.05, 0) is 53.6 Å². The van der Waals surface area contributed by atoms with Gasteiger partial charge in [0.1, 0.15) is 5.75 Å². The minimum atomic E-state index is 0.0658. The van der Waals surface area contributed by atoms with Gasteiger partial charge >= 0.3 is 0 Å². The van der Waals surface area contributed by atoms with Crippen LogP contribution in [0.3, 0.4) is 0 Å². The highest BCUT2D eigenvalue weighted by Gasteiger charge is 2.41. The van der Waals surface area contributed by atoms with Crippen LogP contribution in [-0.4, -0.2) is 31.0 Å². The Kier molecular flexibility index (Phi) is 4.67. The first-order valence-corrected chi connectivity index (χ1v) is 11.7. The van der Waals surface area contributed by atoms with Crippen molar-refractivity contribution in [1.29, 1.82) is 0 Å². The number of ether oxygens (including phenoxy) is 1. The molecule has 3 aliphatic rings. The molecular formula is C28H28N2O2. The summed E-state index contributed by atoms with van der Waals surface area (Å²) in [7, 11) is 1.75. The number of para-hydroxylation sites is 1. The van der Waals surface area contributed by atoms with E-state index in [9.17, 15) is 4.79 Å². The molecule has 162 valence electrons. The summed E-state index contributed by atoms with van der Waals surface area (Å²) in [5, 5.41) is 6.28. The number of nitrogens with one attached hydrogen (secondary N) is 1. The van der Waals surface area contributed by atoms with Crippen molar-refractivity contribution in [1.82, 2.24) is 4.90 Å². The van der Waals surface area contributed by atoms with Gasteiger partial charge in [0.05, 0.1) is 24.4 Å². The summed E-state index contributed by atoms with van der Waals surface area (Å²) in [4.78, 5) is 15.4. The van der Waals surface area contributed by atoms with Crippen molar-refractivity contribution in [2.45, 2.75) is 31.2 Å². The van der Waals surface area contributed by atoms with Crippen LogP contribution < -0.4 is 10.1 Å². The number of allylic oxidation sites excluding steroid dienone is 2. The third-order valence-corrected chi connectivity index (χ3v) is 7.48. The molecule has 1 saturated heterocycles. The number of likely N-dealkylation sites (tertiary alicyclic amines) is 1. The minimum Gasteiger partial charge on any atom is -0.496 e. The number of carbonyl (C=O) groups is 1. The smallest absolute Gasteiger partial charge is 0.255 e. The van der Waals surface area contributed by atoms with Crippen LogP contribution >= 0.6 is 0 Å². The SMILES string of the molecule is COc1ccc2ccccc2c1C1Nc2c(C(=O)N3CCCC3)cccc2C2C=CCC21. The maximum Gasteiger partial charge on any atom is 0.255 e. The van der Waals surface area contributed by atoms with Gasteiger partial charge in [0.15, 0.2) is 0 Å². The maximum atomic E-state index is 13.4. The summed E-state index contributed by atoms with van der Waals surface area (Å²) in [6, 6.07) is 19.0. The van der Waals surface area contributed by atoms with E-state index in [2.05, 4.69) is 59.9 Å². The van der Waals surface area contributed by atoms with Gasteiger partial charge < -0.3 is 15.0 Å². The Morgan fingerprint density at radius 3 is 2.72 bits per heavy atom. The number of anilines is 1. The molecule has 0 radical (unpaired) electrons. The molecule has 3 aromatic rings. The van der Waals surface area contributed by atoms with Crippen LogP contribution in [0.15, 0.2) is 66.7 Å². The Morgan fingerprint density at radius 2 is 1.88 bits per heavy atom. The highest BCUT2D eigenvalue weighted by atomic mass is 16.5. The average molecular weight is 425 g/mol. The molecule has 6 rings (SSSR count). The van der Waals surface area contributed by atoms with E-state index in [0.717, 1.165) is 49.4 Å². The lowest BCUT2D eigenvalue weighted by molar-refractivity contribution is 0.0793. The van der Waals surface area contributed by atoms with Crippen LogP contribution in [0.5, 0.6) is 5.75 Å². The number of rotatable bonds is 3. The topological polar surface area (TPSA) is 41.6 Å². The first kappa shape index (κ1) is 19.4. The van der Waals surface area contributed by atoms with Gasteiger partial charge in [-0.15, -0.1) is 0 Å². The standard InChI is InChI=1S/C28H28N2O2/c1-32-24-15-14-18-8-2-3-9-19(18)25(24)27-22-12-6-10-20(22)21-11-7-13-23(26(21)29-27)28(31)30-16-4-5-17-30/h2-3,6-11,13-15,20,22,27,29H,4-5,12,16-17H2,1H3. The van der Waals surface area contributed by atoms with Crippen LogP contribution in [0.25, 0.3) is 10.8 Å². The quantitative estimate of drug-likeness (QED) is 0.532. The lowest BCUT2D eigenvalue weighted by atomic mass is 9.75. The fourth-order valence-corrected chi connectivity index (χ4v) is 5.95. The molecule has 2 aliphatic heterocycles. The van der Waals surface area contributed by atoms with Crippen LogP contribution in [0.1, 0.15) is 52.7 Å². The number of nitrogens with zero attached hydrogens (tertiary/aromatic N) is 1. The number of benzene rings is 3. The third kappa shape index (κ3) is 2.93. The predicted molar refractivity (Wildman–Crippen MR) is 128 cm³/mol. The Bertz CT molecular complexity index is 1230. The Balaban J connectivity index is 1.52. The van der Waals surface area contributed by atoms with Gasteiger partial charge in [0.2, 0.25) is 0 Å². The number of amides is 1. The lowest BCUT2D eigenvalue weighted by Gasteiger charge is -2.39. The van der Waals surface area contributed by atoms with Gasteiger partial charge in [0.25, 0.3) is 5.91 Å². The zero-order valence-electron chi connectivity index (χ0n) is 18.4. The van der Waals surface area contributed by atoms with Crippen LogP contribution in [0.2, 0.25) is 0 Å². The van der Waals surface area contributed by atoms with Crippen molar-refractivity contribution in [3.05, 3.63) is 83.4 Å². The van der Waals surface area contributed by atoms with Crippen molar-refractivity contribution >= 4 is 22.4 Å². The Morgan fingerprint density at radius 1 is 1.03 bits per heavy atom. The number of methoxy groups -OCH3 is 1. The Labute approximate surface area is 188 Å². The van der Waals surface area contributed by atoms with E-state index in [4.69, 9.17) is 4.74 Å². The van der Waals surface area contributed by atoms with Gasteiger partial charge in [-0.3, -0.25) is 4.79 Å². The highest BCUT2D eigenvalue weighted by molar-refractivity contribution is 6.01. The number of carbonyl (C=O) groups excluding carboxylic acids is 1. The molecule has 1 N–H and O–H groups in total. The van der Waals surface area contributed by atoms with Crippen LogP contribution in [0, 0.1) is 5.92 Å². The van der Waals surface area contributed by atoms with E-state index in [-0.39, 0.29) is 11.9 Å². The normalized spacial score (nSPS) is 23.7. The predicted octanol–water partition coefficient (Wildman–Crippen LogP) is 5.91. The fourth-order valence-electron chi connectivity index (χ4n) is 5.95. The summed E-state index contributed by atoms with van der Waals surface area (Å²) in [5.74, 6) is 1.74. The maximum absolute atomic E-state index is 13.4. The molecule has 0 bridgehead atoms. The molecule has 0 spiro atoms. The van der Waals surface area contributed by atoms with E-state index in [1.54, 1.807) is 7.11 Å². The molecule has 3 aromatic carbocycles. The van der Waals surface area contributed by atoms with Crippen molar-refractivity contribution in [3.63, 3.8) is 0 Å². The molecule has 1 aliphatic carbocycles. The summed E-state index contributed by atoms with van der Waals surface area (Å²) in [5.41, 5.74) is 4.23. The minimum absolute atomic E-state index is 0.0658. The van der Waals surface area contributed by atoms with Crippen LogP contribution in [-0.2, 0) is 0 Å². The first-order valence-electron chi connectivity index (χ1n) is 11.7. The number of hydrogen-bond acceptors (Lipinski definition) is 3. The molecule has 1 amide bonds. The molecule has 3 unspecified atom stereocenters. The molecule has 3 atom stereocenters. The molecule has 4 heteroatoms. The van der Waals surface area contributed by atoms with Gasteiger partial charge in [-0.2, -0.15) is 0 Å². The molecular weight excluding hydrogens is 396 g/mol. The second kappa shape index (κ2) is 7.70. The number of fused-ring (bicyclic) bond motifs is 4. The summed E-state index contributed by atoms with van der Waals surface area (Å²) in [6.07, 6.45) is 7.83. The zero-order chi connectivity index (χ0) is 21.7. The van der Waals surface area contributed by atoms with E-state index < -0.39 is 0 Å². The molecule has 0 aromatic heterocycles. The monoisotopic (exact) mass is 424 g/mol. The molecule has 32 heavy (non-hydrogen) atoms. The largest absolute Gasteiger partial charge is 0.496 e. The second-order valence-corrected chi connectivity index (χ2v) is 9.15. The third-order valence-electron chi connectivity index (χ3n) is 7.48. The Hall–Kier alpha value is -3.27. The van der Waals surface area contributed by atoms with Gasteiger partial charge in [0, 0.05) is 24.6 Å². The van der Waals surface area contributed by atoms with E-state index in [1.807, 2.05) is 17.0 Å². The highest BCUT2D eigenvalue weighted by Crippen LogP contribution is 2.53. The van der Waals surface area contributed by atoms with Crippen molar-refractivity contribution < 1.29 is 9.53 Å². The molecule has 1 fully saturated rings. The molecule has 0 saturated carbocycles. The first-order chi connectivity index (χ1) is 15.8. The summed E-state index contributed by atoms with van der Waals surface area (Å²) in [6.45, 7) is 1.71. The summed E-state index contributed by atoms with van der Waals surface area (Å²) < 4.78 is 5.87. The van der Waals surface area contributed by atoms with E-state index >= 15 is 0 Å². The number of hydrogen-bond donors (Lipinski definition) is 1. The fraction of sp³-hybridized carbons (Fsp3) is 0.321.